The molecule has 1 saturated heterocycles. The first-order valence-electron chi connectivity index (χ1n) is 18.2. The smallest absolute Gasteiger partial charge is 0.322 e. The number of hydrogen-bond donors (Lipinski definition) is 2. The van der Waals surface area contributed by atoms with Crippen LogP contribution in [0.2, 0.25) is 0 Å². The van der Waals surface area contributed by atoms with Gasteiger partial charge in [0.2, 0.25) is 0 Å². The van der Waals surface area contributed by atoms with Crippen LogP contribution in [0.25, 0.3) is 141 Å². The molecule has 4 unspecified atom stereocenters. The van der Waals surface area contributed by atoms with E-state index in [0.717, 1.165) is 43.8 Å². The monoisotopic (exact) mass is 679 g/mol. The SMILES string of the molecule is O=COC1N(CC(=O)O)C(C(=O)O)C23C=Cc4c5ccc6c7ccc8c9ccc%10c%11c%12c(c%13c2c4c2c5c6c4c7c8c5c9c%10c%12c6c%13c2c4c65)C13C=C%11. The molecule has 4 atom stereocenters. The highest BCUT2D eigenvalue weighted by molar-refractivity contribution is 6.66. The summed E-state index contributed by atoms with van der Waals surface area (Å²) in [6, 6.07) is 12.5. The Labute approximate surface area is 293 Å². The molecular formula is C46H17NO6. The van der Waals surface area contributed by atoms with E-state index in [2.05, 4.69) is 60.7 Å². The van der Waals surface area contributed by atoms with E-state index in [1.54, 1.807) is 0 Å². The Kier molecular flexibility index (Phi) is 3.02. The number of ether oxygens (including phenoxy) is 1. The average molecular weight is 680 g/mol. The fraction of sp³-hybridized carbons (Fsp3) is 0.109. The zero-order valence-corrected chi connectivity index (χ0v) is 27.2. The van der Waals surface area contributed by atoms with Gasteiger partial charge in [0.05, 0.1) is 10.8 Å². The lowest BCUT2D eigenvalue weighted by Gasteiger charge is -2.43. The van der Waals surface area contributed by atoms with Crippen LogP contribution in [0.5, 0.6) is 0 Å². The van der Waals surface area contributed by atoms with Gasteiger partial charge in [0.25, 0.3) is 6.47 Å². The van der Waals surface area contributed by atoms with Crippen molar-refractivity contribution in [1.29, 1.82) is 0 Å². The van der Waals surface area contributed by atoms with Crippen molar-refractivity contribution >= 4 is 160 Å². The normalized spacial score (nSPS) is 25.4. The minimum absolute atomic E-state index is 0.371. The third-order valence-electron chi connectivity index (χ3n) is 15.5. The molecule has 0 bridgehead atoms. The van der Waals surface area contributed by atoms with Gasteiger partial charge in [-0.15, -0.1) is 0 Å². The highest BCUT2D eigenvalue weighted by atomic mass is 16.5. The number of fused-ring (bicyclic) bond motifs is 4. The van der Waals surface area contributed by atoms with E-state index in [-0.39, 0.29) is 0 Å². The molecule has 0 amide bonds. The molecule has 242 valence electrons. The minimum Gasteiger partial charge on any atom is -0.480 e. The second-order valence-electron chi connectivity index (χ2n) is 16.6. The highest BCUT2D eigenvalue weighted by Gasteiger charge is 2.76. The maximum absolute atomic E-state index is 14.0. The van der Waals surface area contributed by atoms with E-state index in [1.807, 2.05) is 0 Å². The standard InChI is InChI=1S/C46H17NO6/c48-12-53-44-46-10-8-20-18-6-4-16-14-2-1-13-15-3-5-17-19-7-9-45(46,42(43(51)52)47(44)11-21(49)50)40-28(19)32-26(17)24(15)30-22(13)23(14)31-25(16)27(18)33-29(20)41(46)39(40)38-36(32)34(30)35(31)37(33)38/h1-10,12,42,44H,11H2,(H,49,50)(H,51,52). The summed E-state index contributed by atoms with van der Waals surface area (Å²) in [5.74, 6) is -2.32. The Morgan fingerprint density at radius 1 is 0.566 bits per heavy atom. The molecule has 2 N–H and O–H groups in total. The Bertz CT molecular complexity index is 3990. The van der Waals surface area contributed by atoms with Crippen LogP contribution >= 0.6 is 0 Å². The van der Waals surface area contributed by atoms with Crippen molar-refractivity contribution in [2.24, 2.45) is 0 Å². The Hall–Kier alpha value is -6.57. The first-order chi connectivity index (χ1) is 26.0. The zero-order chi connectivity index (χ0) is 34.2. The maximum Gasteiger partial charge on any atom is 0.322 e. The molecule has 3 aliphatic carbocycles. The predicted molar refractivity (Wildman–Crippen MR) is 207 cm³/mol. The molecule has 0 radical (unpaired) electrons. The fourth-order valence-electron chi connectivity index (χ4n) is 14.7. The molecule has 0 saturated carbocycles. The van der Waals surface area contributed by atoms with Crippen molar-refractivity contribution in [1.82, 2.24) is 4.90 Å². The average Bonchev–Trinajstić information content (AvgIpc) is 3.98. The molecule has 17 rings (SSSR count). The second-order valence-corrected chi connectivity index (χ2v) is 16.6. The third kappa shape index (κ3) is 1.76. The quantitative estimate of drug-likeness (QED) is 0.138. The number of carbonyl (C=O) groups is 3. The lowest BCUT2D eigenvalue weighted by Crippen LogP contribution is -2.52. The highest BCUT2D eigenvalue weighted by Crippen LogP contribution is 2.76. The van der Waals surface area contributed by atoms with Crippen LogP contribution in [0.3, 0.4) is 0 Å². The predicted octanol–water partition coefficient (Wildman–Crippen LogP) is 8.80. The van der Waals surface area contributed by atoms with Crippen LogP contribution in [-0.2, 0) is 30.0 Å². The third-order valence-corrected chi connectivity index (χ3v) is 15.5. The van der Waals surface area contributed by atoms with Gasteiger partial charge >= 0.3 is 11.9 Å². The van der Waals surface area contributed by atoms with Gasteiger partial charge in [-0.3, -0.25) is 14.4 Å². The van der Waals surface area contributed by atoms with Gasteiger partial charge in [-0.2, -0.15) is 0 Å². The molecule has 13 aromatic rings. The molecule has 53 heavy (non-hydrogen) atoms. The van der Waals surface area contributed by atoms with Gasteiger partial charge < -0.3 is 14.9 Å². The van der Waals surface area contributed by atoms with Crippen LogP contribution in [-0.4, -0.2) is 52.3 Å². The summed E-state index contributed by atoms with van der Waals surface area (Å²) >= 11 is 0. The largest absolute Gasteiger partial charge is 0.480 e. The Balaban J connectivity index is 1.31. The van der Waals surface area contributed by atoms with Crippen LogP contribution in [0, 0.1) is 0 Å². The van der Waals surface area contributed by atoms with E-state index >= 15 is 0 Å². The number of rotatable bonds is 5. The number of likely N-dealkylation sites (tertiary alicyclic amines) is 1. The number of nitrogens with zero attached hydrogens (tertiary/aromatic N) is 1. The maximum atomic E-state index is 14.0. The molecule has 0 aromatic heterocycles. The molecule has 2 spiro atoms. The van der Waals surface area contributed by atoms with E-state index < -0.39 is 41.6 Å². The van der Waals surface area contributed by atoms with Gasteiger partial charge in [0, 0.05) is 0 Å². The second kappa shape index (κ2) is 6.50. The summed E-state index contributed by atoms with van der Waals surface area (Å²) in [7, 11) is 0. The summed E-state index contributed by atoms with van der Waals surface area (Å²) in [5.41, 5.74) is 1.64. The van der Waals surface area contributed by atoms with E-state index in [9.17, 15) is 24.6 Å². The fourth-order valence-corrected chi connectivity index (χ4v) is 14.7. The zero-order valence-electron chi connectivity index (χ0n) is 27.2. The number of carbonyl (C=O) groups excluding carboxylic acids is 1. The van der Waals surface area contributed by atoms with Crippen molar-refractivity contribution in [2.75, 3.05) is 6.54 Å². The Morgan fingerprint density at radius 3 is 1.43 bits per heavy atom. The number of carboxylic acids is 2. The van der Waals surface area contributed by atoms with E-state index in [1.165, 1.54) is 113 Å². The van der Waals surface area contributed by atoms with Crippen LogP contribution < -0.4 is 0 Å². The summed E-state index contributed by atoms with van der Waals surface area (Å²) in [5, 5.41) is 51.6. The molecule has 7 nitrogen and oxygen atoms in total. The van der Waals surface area contributed by atoms with Gasteiger partial charge in [0.1, 0.15) is 12.6 Å². The number of hydrogen-bond acceptors (Lipinski definition) is 5. The van der Waals surface area contributed by atoms with Gasteiger partial charge in [0.15, 0.2) is 6.23 Å². The van der Waals surface area contributed by atoms with Crippen LogP contribution in [0.4, 0.5) is 0 Å². The molecular weight excluding hydrogens is 663 g/mol. The van der Waals surface area contributed by atoms with Crippen LogP contribution in [0.1, 0.15) is 22.3 Å². The molecule has 1 fully saturated rings. The summed E-state index contributed by atoms with van der Waals surface area (Å²) in [6.07, 6.45) is 7.22. The van der Waals surface area contributed by atoms with Crippen LogP contribution in [0.15, 0.2) is 48.6 Å². The summed E-state index contributed by atoms with van der Waals surface area (Å²) in [4.78, 5) is 40.7. The summed E-state index contributed by atoms with van der Waals surface area (Å²) in [6.45, 7) is -0.224. The number of aliphatic carboxylic acids is 2. The van der Waals surface area contributed by atoms with Gasteiger partial charge in [-0.25, -0.2) is 4.90 Å². The number of carboxylic acid groups (broad SMARTS) is 2. The Morgan fingerprint density at radius 2 is 0.962 bits per heavy atom. The van der Waals surface area contributed by atoms with Gasteiger partial charge in [-0.05, 0) is 152 Å². The van der Waals surface area contributed by atoms with Gasteiger partial charge in [-0.1, -0.05) is 60.7 Å². The van der Waals surface area contributed by atoms with Crippen molar-refractivity contribution in [2.45, 2.75) is 23.1 Å². The van der Waals surface area contributed by atoms with Crippen molar-refractivity contribution in [3.05, 3.63) is 70.8 Å². The lowest BCUT2D eigenvalue weighted by molar-refractivity contribution is -0.158. The first kappa shape index (κ1) is 24.6. The lowest BCUT2D eigenvalue weighted by atomic mass is 9.57. The van der Waals surface area contributed by atoms with Crippen molar-refractivity contribution in [3.8, 4) is 0 Å². The molecule has 1 heterocycles. The first-order valence-corrected chi connectivity index (χ1v) is 18.2. The molecule has 1 aliphatic heterocycles. The summed E-state index contributed by atoms with van der Waals surface area (Å²) < 4.78 is 6.10. The number of benzene rings is 8. The van der Waals surface area contributed by atoms with Crippen molar-refractivity contribution in [3.63, 3.8) is 0 Å². The van der Waals surface area contributed by atoms with Crippen molar-refractivity contribution < 1.29 is 29.3 Å². The topological polar surface area (TPSA) is 104 Å². The molecule has 13 aromatic carbocycles. The minimum atomic E-state index is -1.33. The van der Waals surface area contributed by atoms with E-state index in [4.69, 9.17) is 4.74 Å². The molecule has 7 heteroatoms. The van der Waals surface area contributed by atoms with E-state index in [0.29, 0.717) is 6.47 Å². The molecule has 4 aliphatic rings.